The van der Waals surface area contributed by atoms with Gasteiger partial charge in [0.25, 0.3) is 5.91 Å². The first-order chi connectivity index (χ1) is 11.3. The van der Waals surface area contributed by atoms with Crippen LogP contribution in [0.4, 0.5) is 0 Å². The highest BCUT2D eigenvalue weighted by Crippen LogP contribution is 2.25. The average Bonchev–Trinajstić information content (AvgIpc) is 3.24. The van der Waals surface area contributed by atoms with E-state index in [-0.39, 0.29) is 24.4 Å². The van der Waals surface area contributed by atoms with Gasteiger partial charge in [0.15, 0.2) is 0 Å². The largest absolute Gasteiger partial charge is 0.488 e. The number of hydrogen-bond acceptors (Lipinski definition) is 4. The molecule has 1 aliphatic rings. The lowest BCUT2D eigenvalue weighted by atomic mass is 10.0. The second kappa shape index (κ2) is 9.06. The van der Waals surface area contributed by atoms with E-state index < -0.39 is 0 Å². The smallest absolute Gasteiger partial charge is 0.251 e. The van der Waals surface area contributed by atoms with Gasteiger partial charge in [-0.15, -0.1) is 23.7 Å². The molecule has 0 saturated heterocycles. The highest BCUT2D eigenvalue weighted by molar-refractivity contribution is 7.09. The van der Waals surface area contributed by atoms with Crippen molar-refractivity contribution in [2.45, 2.75) is 31.9 Å². The monoisotopic (exact) mass is 366 g/mol. The average molecular weight is 367 g/mol. The van der Waals surface area contributed by atoms with Gasteiger partial charge in [0, 0.05) is 16.5 Å². The van der Waals surface area contributed by atoms with Crippen LogP contribution in [0.5, 0.6) is 5.75 Å². The first-order valence-electron chi connectivity index (χ1n) is 8.02. The lowest BCUT2D eigenvalue weighted by Gasteiger charge is -2.19. The summed E-state index contributed by atoms with van der Waals surface area (Å²) in [6, 6.07) is 11.6. The molecule has 0 aliphatic heterocycles. The molecule has 6 heteroatoms. The Balaban J connectivity index is 0.00000208. The maximum Gasteiger partial charge on any atom is 0.251 e. The Morgan fingerprint density at radius 2 is 2.17 bits per heavy atom. The van der Waals surface area contributed by atoms with Gasteiger partial charge in [-0.1, -0.05) is 18.6 Å². The van der Waals surface area contributed by atoms with Crippen LogP contribution in [0.25, 0.3) is 0 Å². The molecule has 1 fully saturated rings. The van der Waals surface area contributed by atoms with Gasteiger partial charge in [0.05, 0.1) is 0 Å². The van der Waals surface area contributed by atoms with Gasteiger partial charge < -0.3 is 15.8 Å². The summed E-state index contributed by atoms with van der Waals surface area (Å²) in [5.74, 6) is 1.07. The molecule has 2 atom stereocenters. The molecule has 2 aromatic rings. The molecule has 1 amide bonds. The molecule has 1 aromatic carbocycles. The zero-order chi connectivity index (χ0) is 16.1. The predicted octanol–water partition coefficient (Wildman–Crippen LogP) is 3.61. The third-order valence-corrected chi connectivity index (χ3v) is 5.19. The fraction of sp³-hybridized carbons (Fsp3) is 0.389. The molecule has 130 valence electrons. The molecule has 0 spiro atoms. The lowest BCUT2D eigenvalue weighted by Crippen LogP contribution is -2.39. The van der Waals surface area contributed by atoms with E-state index in [4.69, 9.17) is 10.5 Å². The molecular weight excluding hydrogens is 344 g/mol. The van der Waals surface area contributed by atoms with Gasteiger partial charge in [-0.05, 0) is 54.9 Å². The van der Waals surface area contributed by atoms with E-state index in [1.807, 2.05) is 35.7 Å². The van der Waals surface area contributed by atoms with E-state index in [9.17, 15) is 4.79 Å². The number of carbonyl (C=O) groups excluding carboxylic acids is 1. The van der Waals surface area contributed by atoms with E-state index in [1.165, 1.54) is 0 Å². The van der Waals surface area contributed by atoms with Crippen molar-refractivity contribution in [1.29, 1.82) is 0 Å². The van der Waals surface area contributed by atoms with Gasteiger partial charge in [-0.2, -0.15) is 0 Å². The number of thiophene rings is 1. The summed E-state index contributed by atoms with van der Waals surface area (Å²) in [7, 11) is 0. The molecule has 1 heterocycles. The number of carbonyl (C=O) groups is 1. The van der Waals surface area contributed by atoms with E-state index >= 15 is 0 Å². The van der Waals surface area contributed by atoms with Crippen molar-refractivity contribution in [1.82, 2.24) is 5.32 Å². The summed E-state index contributed by atoms with van der Waals surface area (Å²) in [5.41, 5.74) is 6.41. The van der Waals surface area contributed by atoms with Crippen LogP contribution in [0.15, 0.2) is 41.8 Å². The summed E-state index contributed by atoms with van der Waals surface area (Å²) < 4.78 is 5.76. The number of amides is 1. The molecule has 3 N–H and O–H groups in total. The summed E-state index contributed by atoms with van der Waals surface area (Å²) in [6.07, 6.45) is 3.25. The fourth-order valence-corrected chi connectivity index (χ4v) is 3.65. The first kappa shape index (κ1) is 18.8. The number of ether oxygens (including phenoxy) is 1. The molecular formula is C18H23ClN2O2S. The van der Waals surface area contributed by atoms with Gasteiger partial charge in [0.2, 0.25) is 0 Å². The minimum atomic E-state index is -0.0445. The number of rotatable bonds is 6. The second-order valence-corrected chi connectivity index (χ2v) is 6.93. The number of hydrogen-bond donors (Lipinski definition) is 2. The maximum absolute atomic E-state index is 12.4. The van der Waals surface area contributed by atoms with Crippen molar-refractivity contribution in [2.24, 2.45) is 11.7 Å². The second-order valence-electron chi connectivity index (χ2n) is 5.90. The summed E-state index contributed by atoms with van der Waals surface area (Å²) >= 11 is 1.66. The van der Waals surface area contributed by atoms with Gasteiger partial charge in [-0.3, -0.25) is 4.79 Å². The Morgan fingerprint density at radius 3 is 2.92 bits per heavy atom. The van der Waals surface area contributed by atoms with E-state index in [1.54, 1.807) is 17.4 Å². The molecule has 3 rings (SSSR count). The summed E-state index contributed by atoms with van der Waals surface area (Å²) in [4.78, 5) is 13.6. The SMILES string of the molecule is Cl.NCC1CCCC1NC(=O)c1cccc(OCc2cccs2)c1. The van der Waals surface area contributed by atoms with Gasteiger partial charge in [-0.25, -0.2) is 0 Å². The Morgan fingerprint density at radius 1 is 1.29 bits per heavy atom. The molecule has 0 radical (unpaired) electrons. The normalized spacial score (nSPS) is 19.5. The molecule has 24 heavy (non-hydrogen) atoms. The fourth-order valence-electron chi connectivity index (χ4n) is 3.04. The highest BCUT2D eigenvalue weighted by Gasteiger charge is 2.27. The standard InChI is InChI=1S/C18H22N2O2S.ClH/c19-11-14-5-2-8-17(14)20-18(21)13-4-1-6-15(10-13)22-12-16-7-3-9-23-16;/h1,3-4,6-7,9-10,14,17H,2,5,8,11-12,19H2,(H,20,21);1H. The van der Waals surface area contributed by atoms with Gasteiger partial charge >= 0.3 is 0 Å². The van der Waals surface area contributed by atoms with Crippen LogP contribution < -0.4 is 15.8 Å². The minimum Gasteiger partial charge on any atom is -0.488 e. The zero-order valence-corrected chi connectivity index (χ0v) is 15.1. The summed E-state index contributed by atoms with van der Waals surface area (Å²) in [6.45, 7) is 1.16. The predicted molar refractivity (Wildman–Crippen MR) is 100.0 cm³/mol. The molecule has 0 bridgehead atoms. The van der Waals surface area contributed by atoms with Crippen molar-refractivity contribution < 1.29 is 9.53 Å². The van der Waals surface area contributed by atoms with E-state index in [0.717, 1.165) is 24.1 Å². The Labute approximate surface area is 152 Å². The number of benzene rings is 1. The van der Waals surface area contributed by atoms with Crippen LogP contribution in [-0.2, 0) is 6.61 Å². The zero-order valence-electron chi connectivity index (χ0n) is 13.4. The van der Waals surface area contributed by atoms with Crippen LogP contribution in [0.2, 0.25) is 0 Å². The Kier molecular flexibility index (Phi) is 7.09. The van der Waals surface area contributed by atoms with Crippen LogP contribution in [-0.4, -0.2) is 18.5 Å². The van der Waals surface area contributed by atoms with Crippen LogP contribution in [0.1, 0.15) is 34.5 Å². The minimum absolute atomic E-state index is 0. The number of halogens is 1. The summed E-state index contributed by atoms with van der Waals surface area (Å²) in [5, 5.41) is 5.15. The van der Waals surface area contributed by atoms with Crippen molar-refractivity contribution >= 4 is 29.7 Å². The topological polar surface area (TPSA) is 64.3 Å². The van der Waals surface area contributed by atoms with Crippen molar-refractivity contribution in [2.75, 3.05) is 6.54 Å². The maximum atomic E-state index is 12.4. The molecule has 1 aromatic heterocycles. The molecule has 1 aliphatic carbocycles. The molecule has 2 unspecified atom stereocenters. The van der Waals surface area contributed by atoms with Gasteiger partial charge in [0.1, 0.15) is 12.4 Å². The van der Waals surface area contributed by atoms with E-state index in [0.29, 0.717) is 30.4 Å². The molecule has 4 nitrogen and oxygen atoms in total. The third kappa shape index (κ3) is 4.72. The number of nitrogens with one attached hydrogen (secondary N) is 1. The van der Waals surface area contributed by atoms with Crippen LogP contribution in [0.3, 0.4) is 0 Å². The van der Waals surface area contributed by atoms with Crippen molar-refractivity contribution in [3.8, 4) is 5.75 Å². The first-order valence-corrected chi connectivity index (χ1v) is 8.90. The Hall–Kier alpha value is -1.56. The highest BCUT2D eigenvalue weighted by atomic mass is 35.5. The van der Waals surface area contributed by atoms with Crippen molar-refractivity contribution in [3.63, 3.8) is 0 Å². The molecule has 1 saturated carbocycles. The van der Waals surface area contributed by atoms with Crippen molar-refractivity contribution in [3.05, 3.63) is 52.2 Å². The van der Waals surface area contributed by atoms with Crippen LogP contribution in [0, 0.1) is 5.92 Å². The number of nitrogens with two attached hydrogens (primary N) is 1. The van der Waals surface area contributed by atoms with E-state index in [2.05, 4.69) is 5.32 Å². The quantitative estimate of drug-likeness (QED) is 0.820. The lowest BCUT2D eigenvalue weighted by molar-refractivity contribution is 0.0928. The Bertz CT molecular complexity index is 648. The van der Waals surface area contributed by atoms with Crippen LogP contribution >= 0.6 is 23.7 Å². The third-order valence-electron chi connectivity index (χ3n) is 4.34.